The van der Waals surface area contributed by atoms with Gasteiger partial charge in [0.25, 0.3) is 0 Å². The quantitative estimate of drug-likeness (QED) is 0.167. The van der Waals surface area contributed by atoms with Gasteiger partial charge in [0.2, 0.25) is 5.75 Å². The van der Waals surface area contributed by atoms with Gasteiger partial charge in [-0.25, -0.2) is 4.98 Å². The van der Waals surface area contributed by atoms with Crippen LogP contribution in [0.25, 0.3) is 11.0 Å². The molecule has 31 heavy (non-hydrogen) atoms. The smallest absolute Gasteiger partial charge is 0.203 e. The molecule has 3 rings (SSSR count). The number of fused-ring (bicyclic) bond motifs is 1. The van der Waals surface area contributed by atoms with E-state index in [0.29, 0.717) is 23.8 Å². The van der Waals surface area contributed by atoms with Crippen molar-refractivity contribution < 1.29 is 14.2 Å². The van der Waals surface area contributed by atoms with Crippen LogP contribution in [0.4, 0.5) is 0 Å². The maximum Gasteiger partial charge on any atom is 0.203 e. The third kappa shape index (κ3) is 6.39. The van der Waals surface area contributed by atoms with Gasteiger partial charge in [0.1, 0.15) is 5.82 Å². The summed E-state index contributed by atoms with van der Waals surface area (Å²) in [7, 11) is 6.56. The van der Waals surface area contributed by atoms with Crippen LogP contribution in [0.1, 0.15) is 17.8 Å². The Balaban J connectivity index is 0.00000341. The van der Waals surface area contributed by atoms with Gasteiger partial charge in [-0.05, 0) is 36.2 Å². The van der Waals surface area contributed by atoms with Crippen molar-refractivity contribution in [2.75, 3.05) is 34.9 Å². The first kappa shape index (κ1) is 24.6. The monoisotopic (exact) mass is 539 g/mol. The van der Waals surface area contributed by atoms with Gasteiger partial charge in [0.05, 0.1) is 32.4 Å². The van der Waals surface area contributed by atoms with E-state index in [-0.39, 0.29) is 24.0 Å². The number of nitrogens with zero attached hydrogens (tertiary/aromatic N) is 2. The van der Waals surface area contributed by atoms with Crippen molar-refractivity contribution in [1.29, 1.82) is 0 Å². The summed E-state index contributed by atoms with van der Waals surface area (Å²) in [5.74, 6) is 3.56. The summed E-state index contributed by atoms with van der Waals surface area (Å²) in [6, 6.07) is 11.9. The molecule has 3 aromatic rings. The van der Waals surface area contributed by atoms with Crippen LogP contribution in [-0.4, -0.2) is 50.8 Å². The van der Waals surface area contributed by atoms with Crippen molar-refractivity contribution in [3.8, 4) is 17.2 Å². The number of hydrogen-bond acceptors (Lipinski definition) is 5. The van der Waals surface area contributed by atoms with Gasteiger partial charge in [-0.3, -0.25) is 4.99 Å². The number of aliphatic imine (C=N–C) groups is 1. The Kier molecular flexibility index (Phi) is 9.70. The highest BCUT2D eigenvalue weighted by Gasteiger charge is 2.13. The molecular formula is C22H30IN5O3. The Hall–Kier alpha value is -2.69. The van der Waals surface area contributed by atoms with E-state index in [4.69, 9.17) is 14.2 Å². The fraction of sp³-hybridized carbons (Fsp3) is 0.364. The maximum atomic E-state index is 5.41. The molecule has 0 fully saturated rings. The third-order valence-electron chi connectivity index (χ3n) is 4.73. The zero-order valence-corrected chi connectivity index (χ0v) is 20.7. The molecular weight excluding hydrogens is 509 g/mol. The lowest BCUT2D eigenvalue weighted by Crippen LogP contribution is -2.37. The first-order valence-corrected chi connectivity index (χ1v) is 9.85. The average molecular weight is 539 g/mol. The number of aryl methyl sites for hydroxylation is 1. The second kappa shape index (κ2) is 12.2. The SMILES string of the molecule is CN=C(NCCCc1nc2ccccc2[nH]1)NCc1cc(OC)c(OC)c(OC)c1.I. The lowest BCUT2D eigenvalue weighted by atomic mass is 10.2. The zero-order chi connectivity index (χ0) is 21.3. The van der Waals surface area contributed by atoms with E-state index in [1.165, 1.54) is 0 Å². The van der Waals surface area contributed by atoms with Crippen LogP contribution in [-0.2, 0) is 13.0 Å². The van der Waals surface area contributed by atoms with E-state index < -0.39 is 0 Å². The molecule has 3 N–H and O–H groups in total. The minimum atomic E-state index is 0. The molecule has 0 unspecified atom stereocenters. The molecule has 1 heterocycles. The largest absolute Gasteiger partial charge is 0.493 e. The van der Waals surface area contributed by atoms with Crippen molar-refractivity contribution in [2.45, 2.75) is 19.4 Å². The van der Waals surface area contributed by atoms with Crippen LogP contribution in [0.2, 0.25) is 0 Å². The Morgan fingerprint density at radius 1 is 1.03 bits per heavy atom. The van der Waals surface area contributed by atoms with Gasteiger partial charge < -0.3 is 29.8 Å². The van der Waals surface area contributed by atoms with Crippen molar-refractivity contribution in [1.82, 2.24) is 20.6 Å². The molecule has 0 aliphatic heterocycles. The summed E-state index contributed by atoms with van der Waals surface area (Å²) in [5, 5.41) is 6.64. The zero-order valence-electron chi connectivity index (χ0n) is 18.3. The second-order valence-electron chi connectivity index (χ2n) is 6.69. The van der Waals surface area contributed by atoms with E-state index in [1.807, 2.05) is 36.4 Å². The molecule has 0 bridgehead atoms. The van der Waals surface area contributed by atoms with Crippen LogP contribution in [0.15, 0.2) is 41.4 Å². The molecule has 8 nitrogen and oxygen atoms in total. The van der Waals surface area contributed by atoms with Crippen LogP contribution < -0.4 is 24.8 Å². The molecule has 1 aromatic heterocycles. The number of nitrogens with one attached hydrogen (secondary N) is 3. The van der Waals surface area contributed by atoms with Crippen molar-refractivity contribution >= 4 is 41.0 Å². The molecule has 0 aliphatic carbocycles. The molecule has 0 amide bonds. The summed E-state index contributed by atoms with van der Waals surface area (Å²) in [5.41, 5.74) is 3.07. The number of para-hydroxylation sites is 2. The first-order chi connectivity index (χ1) is 14.7. The molecule has 0 saturated carbocycles. The maximum absolute atomic E-state index is 5.41. The Morgan fingerprint density at radius 2 is 1.74 bits per heavy atom. The number of ether oxygens (including phenoxy) is 3. The highest BCUT2D eigenvalue weighted by molar-refractivity contribution is 14.0. The van der Waals surface area contributed by atoms with Gasteiger partial charge in [0.15, 0.2) is 17.5 Å². The number of methoxy groups -OCH3 is 3. The van der Waals surface area contributed by atoms with Crippen LogP contribution in [0.5, 0.6) is 17.2 Å². The lowest BCUT2D eigenvalue weighted by molar-refractivity contribution is 0.323. The minimum absolute atomic E-state index is 0. The normalized spacial score (nSPS) is 11.0. The number of aromatic amines is 1. The van der Waals surface area contributed by atoms with E-state index in [9.17, 15) is 0 Å². The standard InChI is InChI=1S/C22H29N5O3.HI/c1-23-22(24-11-7-10-20-26-16-8-5-6-9-17(16)27-20)25-14-15-12-18(28-2)21(30-4)19(13-15)29-3;/h5-6,8-9,12-13H,7,10-11,14H2,1-4H3,(H,26,27)(H2,23,24,25);1H. The van der Waals surface area contributed by atoms with E-state index in [1.54, 1.807) is 28.4 Å². The number of imidazole rings is 1. The number of H-pyrrole nitrogens is 1. The molecule has 0 atom stereocenters. The van der Waals surface area contributed by atoms with Crippen LogP contribution >= 0.6 is 24.0 Å². The predicted molar refractivity (Wildman–Crippen MR) is 134 cm³/mol. The number of rotatable bonds is 9. The lowest BCUT2D eigenvalue weighted by Gasteiger charge is -2.16. The van der Waals surface area contributed by atoms with Crippen molar-refractivity contribution in [2.24, 2.45) is 4.99 Å². The van der Waals surface area contributed by atoms with Crippen molar-refractivity contribution in [3.63, 3.8) is 0 Å². The van der Waals surface area contributed by atoms with Gasteiger partial charge in [-0.1, -0.05) is 12.1 Å². The number of aromatic nitrogens is 2. The first-order valence-electron chi connectivity index (χ1n) is 9.85. The van der Waals surface area contributed by atoms with E-state index in [2.05, 4.69) is 25.6 Å². The highest BCUT2D eigenvalue weighted by Crippen LogP contribution is 2.38. The fourth-order valence-corrected chi connectivity index (χ4v) is 3.23. The van der Waals surface area contributed by atoms with Gasteiger partial charge in [-0.2, -0.15) is 0 Å². The molecule has 0 aliphatic rings. The van der Waals surface area contributed by atoms with Gasteiger partial charge in [-0.15, -0.1) is 24.0 Å². The highest BCUT2D eigenvalue weighted by atomic mass is 127. The van der Waals surface area contributed by atoms with Crippen molar-refractivity contribution in [3.05, 3.63) is 47.8 Å². The number of guanidine groups is 1. The average Bonchev–Trinajstić information content (AvgIpc) is 3.20. The molecule has 0 radical (unpaired) electrons. The second-order valence-corrected chi connectivity index (χ2v) is 6.69. The Labute approximate surface area is 199 Å². The van der Waals surface area contributed by atoms with Gasteiger partial charge >= 0.3 is 0 Å². The van der Waals surface area contributed by atoms with E-state index >= 15 is 0 Å². The molecule has 0 saturated heterocycles. The summed E-state index contributed by atoms with van der Waals surface area (Å²) < 4.78 is 16.2. The third-order valence-corrected chi connectivity index (χ3v) is 4.73. The minimum Gasteiger partial charge on any atom is -0.493 e. The number of hydrogen-bond donors (Lipinski definition) is 3. The van der Waals surface area contributed by atoms with E-state index in [0.717, 1.165) is 47.8 Å². The molecule has 168 valence electrons. The predicted octanol–water partition coefficient (Wildman–Crippen LogP) is 3.50. The molecule has 9 heteroatoms. The van der Waals surface area contributed by atoms with Crippen LogP contribution in [0.3, 0.4) is 0 Å². The summed E-state index contributed by atoms with van der Waals surface area (Å²) in [6.45, 7) is 1.35. The Bertz CT molecular complexity index is 948. The molecule has 2 aromatic carbocycles. The summed E-state index contributed by atoms with van der Waals surface area (Å²) in [4.78, 5) is 12.3. The van der Waals surface area contributed by atoms with Crippen LogP contribution in [0, 0.1) is 0 Å². The topological polar surface area (TPSA) is 92.8 Å². The number of benzene rings is 2. The van der Waals surface area contributed by atoms with Gasteiger partial charge in [0, 0.05) is 26.6 Å². The number of halogens is 1. The summed E-state index contributed by atoms with van der Waals surface area (Å²) in [6.07, 6.45) is 1.80. The summed E-state index contributed by atoms with van der Waals surface area (Å²) >= 11 is 0. The Morgan fingerprint density at radius 3 is 2.35 bits per heavy atom. The molecule has 0 spiro atoms. The fourth-order valence-electron chi connectivity index (χ4n) is 3.23.